The molecule has 4 heteroatoms. The highest BCUT2D eigenvalue weighted by atomic mass is 35.5. The van der Waals surface area contributed by atoms with Crippen molar-refractivity contribution in [3.8, 4) is 6.07 Å². The topological polar surface area (TPSA) is 63.0 Å². The average Bonchev–Trinajstić information content (AvgIpc) is 2.89. The van der Waals surface area contributed by atoms with Crippen molar-refractivity contribution in [2.45, 2.75) is 6.04 Å². The molecule has 1 aromatic heterocycles. The number of rotatable bonds is 2. The van der Waals surface area contributed by atoms with E-state index in [0.717, 1.165) is 16.5 Å². The van der Waals surface area contributed by atoms with E-state index in [1.807, 2.05) is 30.3 Å². The summed E-state index contributed by atoms with van der Waals surface area (Å²) in [5.41, 5.74) is 8.46. The van der Waals surface area contributed by atoms with Gasteiger partial charge in [-0.1, -0.05) is 23.7 Å². The van der Waals surface area contributed by atoms with Gasteiger partial charge in [0, 0.05) is 10.4 Å². The molecule has 20 heavy (non-hydrogen) atoms. The Bertz CT molecular complexity index is 799. The van der Waals surface area contributed by atoms with Crippen LogP contribution in [-0.4, -0.2) is 0 Å². The summed E-state index contributed by atoms with van der Waals surface area (Å²) in [6.07, 6.45) is 0. The van der Waals surface area contributed by atoms with Gasteiger partial charge >= 0.3 is 0 Å². The molecule has 0 saturated carbocycles. The largest absolute Gasteiger partial charge is 0.459 e. The van der Waals surface area contributed by atoms with E-state index in [2.05, 4.69) is 6.07 Å². The number of nitrogens with zero attached hydrogens (tertiary/aromatic N) is 1. The molecule has 2 aromatic carbocycles. The number of hydrogen-bond donors (Lipinski definition) is 1. The fourth-order valence-corrected chi connectivity index (χ4v) is 2.30. The summed E-state index contributed by atoms with van der Waals surface area (Å²) in [5, 5.41) is 10.4. The molecule has 0 saturated heterocycles. The maximum atomic E-state index is 8.79. The maximum absolute atomic E-state index is 8.79. The summed E-state index contributed by atoms with van der Waals surface area (Å²) in [5.74, 6) is 0.673. The van der Waals surface area contributed by atoms with Crippen molar-refractivity contribution in [3.63, 3.8) is 0 Å². The lowest BCUT2D eigenvalue weighted by atomic mass is 10.0. The van der Waals surface area contributed by atoms with E-state index in [0.29, 0.717) is 16.3 Å². The van der Waals surface area contributed by atoms with Crippen LogP contribution in [0.5, 0.6) is 0 Å². The first-order valence-electron chi connectivity index (χ1n) is 6.12. The quantitative estimate of drug-likeness (QED) is 0.772. The van der Waals surface area contributed by atoms with Crippen molar-refractivity contribution >= 4 is 22.6 Å². The maximum Gasteiger partial charge on any atom is 0.134 e. The van der Waals surface area contributed by atoms with Gasteiger partial charge < -0.3 is 10.2 Å². The minimum absolute atomic E-state index is 0.367. The molecule has 0 aliphatic rings. The number of furan rings is 1. The minimum atomic E-state index is -0.367. The second-order valence-electron chi connectivity index (χ2n) is 4.54. The summed E-state index contributed by atoms with van der Waals surface area (Å²) >= 11 is 5.95. The highest BCUT2D eigenvalue weighted by Crippen LogP contribution is 2.28. The van der Waals surface area contributed by atoms with Gasteiger partial charge in [-0.15, -0.1) is 0 Å². The van der Waals surface area contributed by atoms with E-state index in [9.17, 15) is 0 Å². The number of hydrogen-bond acceptors (Lipinski definition) is 3. The molecule has 98 valence electrons. The third-order valence-corrected chi connectivity index (χ3v) is 3.44. The van der Waals surface area contributed by atoms with E-state index >= 15 is 0 Å². The predicted molar refractivity (Wildman–Crippen MR) is 78.4 cm³/mol. The van der Waals surface area contributed by atoms with Crippen LogP contribution in [0.15, 0.2) is 52.9 Å². The molecular weight excluding hydrogens is 272 g/mol. The molecule has 1 heterocycles. The van der Waals surface area contributed by atoms with Gasteiger partial charge in [-0.05, 0) is 42.0 Å². The van der Waals surface area contributed by atoms with Gasteiger partial charge in [0.05, 0.1) is 17.7 Å². The van der Waals surface area contributed by atoms with Gasteiger partial charge in [-0.25, -0.2) is 0 Å². The molecule has 0 aliphatic heterocycles. The van der Waals surface area contributed by atoms with Crippen molar-refractivity contribution in [2.24, 2.45) is 5.73 Å². The summed E-state index contributed by atoms with van der Waals surface area (Å²) in [6, 6.07) is 16.2. The monoisotopic (exact) mass is 282 g/mol. The molecule has 0 spiro atoms. The molecule has 3 rings (SSSR count). The molecule has 0 amide bonds. The summed E-state index contributed by atoms with van der Waals surface area (Å²) in [7, 11) is 0. The van der Waals surface area contributed by atoms with E-state index in [4.69, 9.17) is 27.0 Å². The first-order valence-corrected chi connectivity index (χ1v) is 6.50. The van der Waals surface area contributed by atoms with Crippen LogP contribution in [0.2, 0.25) is 5.02 Å². The third-order valence-electron chi connectivity index (χ3n) is 3.20. The van der Waals surface area contributed by atoms with Crippen molar-refractivity contribution in [1.29, 1.82) is 5.26 Å². The first kappa shape index (κ1) is 12.7. The van der Waals surface area contributed by atoms with Crippen molar-refractivity contribution in [1.82, 2.24) is 0 Å². The van der Waals surface area contributed by atoms with E-state index in [1.54, 1.807) is 18.2 Å². The van der Waals surface area contributed by atoms with Gasteiger partial charge in [0.1, 0.15) is 11.3 Å². The molecule has 0 bridgehead atoms. The SMILES string of the molecule is N#Cc1ccc(C(N)c2cc3cc(Cl)ccc3o2)cc1. The zero-order valence-electron chi connectivity index (χ0n) is 10.5. The second-order valence-corrected chi connectivity index (χ2v) is 4.98. The number of halogens is 1. The van der Waals surface area contributed by atoms with Crippen LogP contribution in [0.3, 0.4) is 0 Å². The Hall–Kier alpha value is -2.28. The van der Waals surface area contributed by atoms with Crippen LogP contribution in [0.25, 0.3) is 11.0 Å². The van der Waals surface area contributed by atoms with Crippen LogP contribution in [-0.2, 0) is 0 Å². The van der Waals surface area contributed by atoms with Crippen LogP contribution in [0, 0.1) is 11.3 Å². The van der Waals surface area contributed by atoms with Crippen molar-refractivity contribution < 1.29 is 4.42 Å². The lowest BCUT2D eigenvalue weighted by molar-refractivity contribution is 0.525. The van der Waals surface area contributed by atoms with Gasteiger partial charge in [0.2, 0.25) is 0 Å². The zero-order valence-corrected chi connectivity index (χ0v) is 11.3. The lowest BCUT2D eigenvalue weighted by Crippen LogP contribution is -2.10. The highest BCUT2D eigenvalue weighted by Gasteiger charge is 2.14. The molecule has 0 radical (unpaired) electrons. The van der Waals surface area contributed by atoms with E-state index < -0.39 is 0 Å². The number of benzene rings is 2. The van der Waals surface area contributed by atoms with Crippen LogP contribution < -0.4 is 5.73 Å². The Morgan fingerprint density at radius 1 is 1.10 bits per heavy atom. The minimum Gasteiger partial charge on any atom is -0.459 e. The van der Waals surface area contributed by atoms with Crippen LogP contribution in [0.4, 0.5) is 0 Å². The van der Waals surface area contributed by atoms with Gasteiger partial charge in [0.15, 0.2) is 0 Å². The molecule has 2 N–H and O–H groups in total. The molecule has 0 fully saturated rings. The van der Waals surface area contributed by atoms with Crippen molar-refractivity contribution in [3.05, 3.63) is 70.4 Å². The number of nitriles is 1. The molecule has 3 nitrogen and oxygen atoms in total. The van der Waals surface area contributed by atoms with E-state index in [-0.39, 0.29) is 6.04 Å². The van der Waals surface area contributed by atoms with Crippen LogP contribution in [0.1, 0.15) is 22.9 Å². The lowest BCUT2D eigenvalue weighted by Gasteiger charge is -2.08. The zero-order chi connectivity index (χ0) is 14.1. The second kappa shape index (κ2) is 5.01. The normalized spacial score (nSPS) is 12.2. The summed E-state index contributed by atoms with van der Waals surface area (Å²) in [6.45, 7) is 0. The number of fused-ring (bicyclic) bond motifs is 1. The van der Waals surface area contributed by atoms with Gasteiger partial charge in [0.25, 0.3) is 0 Å². The third kappa shape index (κ3) is 2.27. The highest BCUT2D eigenvalue weighted by molar-refractivity contribution is 6.31. The Balaban J connectivity index is 1.98. The fourth-order valence-electron chi connectivity index (χ4n) is 2.12. The predicted octanol–water partition coefficient (Wildman–Crippen LogP) is 4.01. The van der Waals surface area contributed by atoms with Crippen molar-refractivity contribution in [2.75, 3.05) is 0 Å². The Labute approximate surface area is 121 Å². The van der Waals surface area contributed by atoms with Gasteiger partial charge in [-0.2, -0.15) is 5.26 Å². The average molecular weight is 283 g/mol. The summed E-state index contributed by atoms with van der Waals surface area (Å²) < 4.78 is 5.75. The molecular formula is C16H11ClN2O. The van der Waals surface area contributed by atoms with E-state index in [1.165, 1.54) is 0 Å². The molecule has 3 aromatic rings. The number of nitrogens with two attached hydrogens (primary N) is 1. The Morgan fingerprint density at radius 2 is 1.85 bits per heavy atom. The van der Waals surface area contributed by atoms with Gasteiger partial charge in [-0.3, -0.25) is 0 Å². The first-order chi connectivity index (χ1) is 9.67. The molecule has 0 aliphatic carbocycles. The van der Waals surface area contributed by atoms with Crippen LogP contribution >= 0.6 is 11.6 Å². The smallest absolute Gasteiger partial charge is 0.134 e. The standard InChI is InChI=1S/C16H11ClN2O/c17-13-5-6-14-12(7-13)8-15(20-14)16(19)11-3-1-10(9-18)2-4-11/h1-8,16H,19H2. The fraction of sp³-hybridized carbons (Fsp3) is 0.0625. The Kier molecular flexibility index (Phi) is 3.19. The molecule has 1 unspecified atom stereocenters. The summed E-state index contributed by atoms with van der Waals surface area (Å²) in [4.78, 5) is 0. The Morgan fingerprint density at radius 3 is 2.55 bits per heavy atom. The molecule has 1 atom stereocenters.